The van der Waals surface area contributed by atoms with E-state index in [9.17, 15) is 39.3 Å². The minimum atomic E-state index is -2.43. The second-order valence-corrected chi connectivity index (χ2v) is 20.2. The number of hydrogen-bond acceptors (Lipinski definition) is 14. The summed E-state index contributed by atoms with van der Waals surface area (Å²) in [5, 5.41) is 32.8. The van der Waals surface area contributed by atoms with E-state index in [0.29, 0.717) is 63.4 Å². The zero-order valence-electron chi connectivity index (χ0n) is 42.4. The molecule has 15 atom stereocenters. The number of methoxy groups -OCH3 is 3. The van der Waals surface area contributed by atoms with Crippen molar-refractivity contribution in [3.63, 3.8) is 0 Å². The first kappa shape index (κ1) is 57.2. The molecule has 1 aliphatic carbocycles. The molecule has 0 radical (unpaired) electrons. The van der Waals surface area contributed by atoms with Crippen LogP contribution in [0, 0.1) is 35.5 Å². The summed E-state index contributed by atoms with van der Waals surface area (Å²) in [6.45, 7) is 12.9. The van der Waals surface area contributed by atoms with Crippen LogP contribution in [0.15, 0.2) is 47.6 Å². The number of piperidine rings is 1. The number of allylic oxidation sites excluding steroid dienone is 6. The van der Waals surface area contributed by atoms with E-state index >= 15 is 0 Å². The molecule has 0 aromatic heterocycles. The number of amides is 1. The second kappa shape index (κ2) is 27.3. The van der Waals surface area contributed by atoms with Gasteiger partial charge < -0.3 is 48.6 Å². The molecule has 1 saturated carbocycles. The maximum absolute atomic E-state index is 14.5. The van der Waals surface area contributed by atoms with Crippen molar-refractivity contribution in [1.29, 1.82) is 0 Å². The van der Waals surface area contributed by atoms with Gasteiger partial charge in [0.1, 0.15) is 30.1 Å². The van der Waals surface area contributed by atoms with Gasteiger partial charge in [-0.25, -0.2) is 4.79 Å². The number of ether oxygens (including phenoxy) is 6. The van der Waals surface area contributed by atoms with Crippen LogP contribution in [0.3, 0.4) is 0 Å². The van der Waals surface area contributed by atoms with E-state index in [1.54, 1.807) is 41.1 Å². The molecule has 3 N–H and O–H groups in total. The zero-order valence-corrected chi connectivity index (χ0v) is 42.4. The minimum absolute atomic E-state index is 0.0158. The fourth-order valence-electron chi connectivity index (χ4n) is 10.5. The first-order valence-electron chi connectivity index (χ1n) is 25.0. The highest BCUT2D eigenvalue weighted by atomic mass is 16.6. The van der Waals surface area contributed by atoms with Gasteiger partial charge in [0, 0.05) is 58.5 Å². The lowest BCUT2D eigenvalue weighted by molar-refractivity contribution is -0.265. The Bertz CT molecular complexity index is 1810. The monoisotopic (exact) mass is 958 g/mol. The number of nitrogens with zero attached hydrogens (tertiary/aromatic N) is 1. The Hall–Kier alpha value is -3.41. The number of hydrogen-bond donors (Lipinski definition) is 3. The predicted octanol–water partition coefficient (Wildman–Crippen LogP) is 6.20. The largest absolute Gasteiger partial charge is 0.460 e. The van der Waals surface area contributed by atoms with E-state index in [2.05, 4.69) is 0 Å². The van der Waals surface area contributed by atoms with Crippen molar-refractivity contribution in [2.75, 3.05) is 41.1 Å². The summed E-state index contributed by atoms with van der Waals surface area (Å²) >= 11 is 0. The normalized spacial score (nSPS) is 37.9. The van der Waals surface area contributed by atoms with E-state index in [0.717, 1.165) is 12.0 Å². The lowest BCUT2D eigenvalue weighted by atomic mass is 9.78. The molecule has 3 aliphatic heterocycles. The topological polar surface area (TPSA) is 205 Å². The molecular weight excluding hydrogens is 875 g/mol. The number of rotatable bonds is 9. The van der Waals surface area contributed by atoms with Crippen molar-refractivity contribution in [2.45, 2.75) is 180 Å². The smallest absolute Gasteiger partial charge is 0.329 e. The van der Waals surface area contributed by atoms with Gasteiger partial charge in [-0.3, -0.25) is 19.2 Å². The van der Waals surface area contributed by atoms with E-state index in [4.69, 9.17) is 28.4 Å². The third-order valence-corrected chi connectivity index (χ3v) is 14.9. The Kier molecular flexibility index (Phi) is 22.9. The van der Waals surface area contributed by atoms with Crippen molar-refractivity contribution in [2.24, 2.45) is 35.5 Å². The Morgan fingerprint density at radius 1 is 0.853 bits per heavy atom. The van der Waals surface area contributed by atoms with Crippen LogP contribution in [-0.2, 0) is 52.4 Å². The molecular formula is C53H83NO14. The molecule has 0 aromatic rings. The summed E-state index contributed by atoms with van der Waals surface area (Å²) in [5.74, 6) is -7.96. The lowest BCUT2D eigenvalue weighted by Crippen LogP contribution is -2.61. The number of cyclic esters (lactones) is 1. The number of esters is 1. The van der Waals surface area contributed by atoms with Crippen LogP contribution in [-0.4, -0.2) is 145 Å². The van der Waals surface area contributed by atoms with Crippen LogP contribution in [0.1, 0.15) is 126 Å². The average Bonchev–Trinajstić information content (AvgIpc) is 3.32. The van der Waals surface area contributed by atoms with Crippen molar-refractivity contribution >= 4 is 29.2 Å². The molecule has 384 valence electrons. The summed E-state index contributed by atoms with van der Waals surface area (Å²) < 4.78 is 35.6. The molecule has 4 rings (SSSR count). The highest BCUT2D eigenvalue weighted by molar-refractivity contribution is 6.39. The van der Waals surface area contributed by atoms with Crippen LogP contribution >= 0.6 is 0 Å². The molecule has 0 spiro atoms. The van der Waals surface area contributed by atoms with Gasteiger partial charge in [-0.2, -0.15) is 0 Å². The average molecular weight is 958 g/mol. The van der Waals surface area contributed by atoms with Crippen molar-refractivity contribution < 1.29 is 67.7 Å². The van der Waals surface area contributed by atoms with E-state index in [1.165, 1.54) is 12.0 Å². The Morgan fingerprint density at radius 3 is 2.26 bits per heavy atom. The molecule has 15 heteroatoms. The van der Waals surface area contributed by atoms with E-state index in [1.807, 2.05) is 58.1 Å². The van der Waals surface area contributed by atoms with Crippen LogP contribution in [0.5, 0.6) is 0 Å². The maximum Gasteiger partial charge on any atom is 0.329 e. The highest BCUT2D eigenvalue weighted by Gasteiger charge is 2.53. The van der Waals surface area contributed by atoms with Crippen LogP contribution in [0.2, 0.25) is 0 Å². The number of aliphatic hydroxyl groups excluding tert-OH is 2. The van der Waals surface area contributed by atoms with Gasteiger partial charge in [-0.05, 0) is 107 Å². The predicted molar refractivity (Wildman–Crippen MR) is 256 cm³/mol. The lowest BCUT2D eigenvalue weighted by Gasteiger charge is -2.42. The molecule has 15 nitrogen and oxygen atoms in total. The zero-order chi connectivity index (χ0) is 50.3. The van der Waals surface area contributed by atoms with Gasteiger partial charge in [0.15, 0.2) is 5.78 Å². The summed E-state index contributed by atoms with van der Waals surface area (Å²) in [6, 6.07) is -1.14. The van der Waals surface area contributed by atoms with Crippen LogP contribution < -0.4 is 0 Å². The minimum Gasteiger partial charge on any atom is -0.460 e. The Morgan fingerprint density at radius 2 is 1.59 bits per heavy atom. The summed E-state index contributed by atoms with van der Waals surface area (Å²) in [5.41, 5.74) is 1.26. The number of carbonyl (C=O) groups is 5. The summed E-state index contributed by atoms with van der Waals surface area (Å²) in [7, 11) is 4.58. The third-order valence-electron chi connectivity index (χ3n) is 14.9. The molecule has 2 bridgehead atoms. The van der Waals surface area contributed by atoms with E-state index in [-0.39, 0.29) is 74.1 Å². The van der Waals surface area contributed by atoms with Gasteiger partial charge in [0.25, 0.3) is 11.7 Å². The molecule has 4 aliphatic rings. The van der Waals surface area contributed by atoms with Crippen molar-refractivity contribution in [1.82, 2.24) is 4.90 Å². The molecule has 3 heterocycles. The molecule has 2 saturated heterocycles. The van der Waals surface area contributed by atoms with Gasteiger partial charge in [0.2, 0.25) is 5.79 Å². The summed E-state index contributed by atoms with van der Waals surface area (Å²) in [4.78, 5) is 72.1. The Labute approximate surface area is 405 Å². The first-order chi connectivity index (χ1) is 32.3. The Balaban J connectivity index is 1.70. The fraction of sp³-hybridized carbons (Fsp3) is 0.755. The van der Waals surface area contributed by atoms with Gasteiger partial charge in [-0.1, -0.05) is 71.1 Å². The van der Waals surface area contributed by atoms with Crippen LogP contribution in [0.25, 0.3) is 0 Å². The summed E-state index contributed by atoms with van der Waals surface area (Å²) in [6.07, 6.45) is 12.0. The van der Waals surface area contributed by atoms with Gasteiger partial charge in [-0.15, -0.1) is 0 Å². The number of aliphatic hydroxyl groups is 3. The highest BCUT2D eigenvalue weighted by Crippen LogP contribution is 2.38. The fourth-order valence-corrected chi connectivity index (χ4v) is 10.5. The van der Waals surface area contributed by atoms with E-state index < -0.39 is 77.8 Å². The van der Waals surface area contributed by atoms with Gasteiger partial charge in [0.05, 0.1) is 37.6 Å². The van der Waals surface area contributed by atoms with Crippen molar-refractivity contribution in [3.05, 3.63) is 47.6 Å². The number of ketones is 3. The van der Waals surface area contributed by atoms with Crippen molar-refractivity contribution in [3.8, 4) is 0 Å². The SMILES string of the molecule is COC1CC2CCC(C)C(O)(O2)C(=O)C(=O)N2CCCCC2C(=O)OC(C(C)CC2CCC(OCCO)C(OC)C2)CC(=O)C(C)/C=C(/C)C(O)C(OC)C(=O)C(C)CC(C)/C=C/C=CC=C1C. The molecule has 68 heavy (non-hydrogen) atoms. The number of Topliss-reactive ketones (excluding diaryl/α,β-unsaturated/α-hetero) is 3. The molecule has 3 fully saturated rings. The standard InChI is InChI=1S/C53H83NO14/c1-32-16-12-11-13-17-33(2)44(63-8)30-40-21-19-38(7)53(62,68-40)50(59)51(60)54-23-15-14-18-41(54)52(61)67-45(35(4)28-39-20-22-43(66-25-24-55)46(29-39)64-9)31-42(56)34(3)27-37(6)48(58)49(65-10)47(57)36(5)26-32/h11-13,16-17,27,32,34-36,38-41,43-46,48-49,55,58,62H,14-15,18-26,28-31H2,1-10H3/b13-11?,16-12+,33-17?,37-27-. The molecule has 1 amide bonds. The molecule has 0 aromatic carbocycles. The maximum atomic E-state index is 14.5. The molecule has 15 unspecified atom stereocenters. The number of fused-ring (bicyclic) bond motifs is 3. The van der Waals surface area contributed by atoms with Gasteiger partial charge >= 0.3 is 5.97 Å². The third kappa shape index (κ3) is 15.3. The first-order valence-corrected chi connectivity index (χ1v) is 25.0. The quantitative estimate of drug-likeness (QED) is 0.134. The second-order valence-electron chi connectivity index (χ2n) is 20.2. The number of carbonyl (C=O) groups excluding carboxylic acids is 5. The van der Waals surface area contributed by atoms with Crippen LogP contribution in [0.4, 0.5) is 0 Å².